The van der Waals surface area contributed by atoms with Crippen molar-refractivity contribution in [3.05, 3.63) is 17.7 Å². The Morgan fingerprint density at radius 1 is 1.33 bits per heavy atom. The number of nitriles is 1. The summed E-state index contributed by atoms with van der Waals surface area (Å²) in [5, 5.41) is 16.4. The van der Waals surface area contributed by atoms with E-state index in [9.17, 15) is 10.1 Å². The number of carbonyl (C=O) groups is 1. The molecule has 162 valence electrons. The van der Waals surface area contributed by atoms with Gasteiger partial charge < -0.3 is 15.5 Å². The third-order valence-corrected chi connectivity index (χ3v) is 7.47. The van der Waals surface area contributed by atoms with Gasteiger partial charge in [0.25, 0.3) is 0 Å². The fourth-order valence-corrected chi connectivity index (χ4v) is 5.79. The van der Waals surface area contributed by atoms with Crippen molar-refractivity contribution >= 4 is 29.1 Å². The Kier molecular flexibility index (Phi) is 6.38. The van der Waals surface area contributed by atoms with E-state index in [0.29, 0.717) is 30.0 Å². The predicted molar refractivity (Wildman–Crippen MR) is 120 cm³/mol. The molecule has 0 aromatic carbocycles. The quantitative estimate of drug-likeness (QED) is 0.693. The number of nitrogens with zero attached hydrogens (tertiary/aromatic N) is 3. The Morgan fingerprint density at radius 2 is 2.17 bits per heavy atom. The van der Waals surface area contributed by atoms with Gasteiger partial charge in [-0.25, -0.2) is 4.98 Å². The zero-order valence-corrected chi connectivity index (χ0v) is 18.7. The first-order valence-corrected chi connectivity index (χ1v) is 11.8. The zero-order chi connectivity index (χ0) is 21.3. The van der Waals surface area contributed by atoms with Crippen LogP contribution in [0.1, 0.15) is 57.9 Å². The molecule has 3 aliphatic rings. The molecule has 4 rings (SSSR count). The second kappa shape index (κ2) is 9.01. The third kappa shape index (κ3) is 4.37. The molecule has 3 fully saturated rings. The van der Waals surface area contributed by atoms with E-state index in [1.165, 1.54) is 0 Å². The van der Waals surface area contributed by atoms with Gasteiger partial charge in [0.1, 0.15) is 17.7 Å². The number of aromatic nitrogens is 1. The second-order valence-corrected chi connectivity index (χ2v) is 10.0. The van der Waals surface area contributed by atoms with Gasteiger partial charge in [-0.3, -0.25) is 4.79 Å². The van der Waals surface area contributed by atoms with Crippen molar-refractivity contribution in [2.45, 2.75) is 69.8 Å². The maximum Gasteiger partial charge on any atom is 0.225 e. The summed E-state index contributed by atoms with van der Waals surface area (Å²) in [6, 6.07) is 6.69. The molecule has 30 heavy (non-hydrogen) atoms. The Hall–Kier alpha value is -2.00. The number of anilines is 2. The van der Waals surface area contributed by atoms with Crippen LogP contribution in [0.2, 0.25) is 0 Å². The lowest BCUT2D eigenvalue weighted by molar-refractivity contribution is -0.129. The second-order valence-electron chi connectivity index (χ2n) is 9.43. The average molecular weight is 430 g/mol. The summed E-state index contributed by atoms with van der Waals surface area (Å²) in [7, 11) is 0. The minimum absolute atomic E-state index is 0.0793. The number of rotatable bonds is 5. The SMILES string of the molecule is CC(C)C1CCCN1c1nc(NCC2CC3CC(Cl)CCC3NC2=O)ccc1C#N. The normalized spacial score (nSPS) is 31.2. The standard InChI is InChI=1S/C23H32ClN5O/c1-14(2)20-4-3-9-29(20)22-15(12-25)5-8-21(28-22)26-13-17-10-16-11-18(24)6-7-19(16)27-23(17)30/h5,8,14,16-20H,3-4,6-7,9-11,13H2,1-2H3,(H,26,28)(H,27,30). The largest absolute Gasteiger partial charge is 0.369 e. The first-order chi connectivity index (χ1) is 14.5. The Morgan fingerprint density at radius 3 is 2.93 bits per heavy atom. The molecule has 1 aliphatic carbocycles. The van der Waals surface area contributed by atoms with Crippen LogP contribution in [0.3, 0.4) is 0 Å². The minimum atomic E-state index is -0.0793. The number of hydrogen-bond acceptors (Lipinski definition) is 5. The fourth-order valence-electron chi connectivity index (χ4n) is 5.44. The van der Waals surface area contributed by atoms with Gasteiger partial charge in [-0.2, -0.15) is 5.26 Å². The van der Waals surface area contributed by atoms with E-state index in [-0.39, 0.29) is 23.2 Å². The number of nitrogens with one attached hydrogen (secondary N) is 2. The van der Waals surface area contributed by atoms with E-state index >= 15 is 0 Å². The molecule has 0 spiro atoms. The van der Waals surface area contributed by atoms with E-state index in [4.69, 9.17) is 16.6 Å². The number of pyridine rings is 1. The molecule has 5 atom stereocenters. The summed E-state index contributed by atoms with van der Waals surface area (Å²) in [5.41, 5.74) is 0.613. The van der Waals surface area contributed by atoms with E-state index in [1.807, 2.05) is 12.1 Å². The molecule has 1 saturated carbocycles. The summed E-state index contributed by atoms with van der Waals surface area (Å²) in [5.74, 6) is 2.52. The van der Waals surface area contributed by atoms with Crippen molar-refractivity contribution < 1.29 is 4.79 Å². The lowest BCUT2D eigenvalue weighted by Gasteiger charge is -2.41. The number of halogens is 1. The van der Waals surface area contributed by atoms with Crippen LogP contribution in [-0.4, -0.2) is 41.4 Å². The minimum Gasteiger partial charge on any atom is -0.369 e. The van der Waals surface area contributed by atoms with E-state index in [2.05, 4.69) is 35.5 Å². The van der Waals surface area contributed by atoms with Gasteiger partial charge in [-0.15, -0.1) is 11.6 Å². The molecule has 1 amide bonds. The monoisotopic (exact) mass is 429 g/mol. The highest BCUT2D eigenvalue weighted by atomic mass is 35.5. The summed E-state index contributed by atoms with van der Waals surface area (Å²) in [4.78, 5) is 19.7. The summed E-state index contributed by atoms with van der Waals surface area (Å²) < 4.78 is 0. The summed E-state index contributed by atoms with van der Waals surface area (Å²) >= 11 is 6.37. The topological polar surface area (TPSA) is 81.1 Å². The third-order valence-electron chi connectivity index (χ3n) is 7.07. The van der Waals surface area contributed by atoms with Crippen molar-refractivity contribution in [1.29, 1.82) is 5.26 Å². The van der Waals surface area contributed by atoms with Gasteiger partial charge in [-0.05, 0) is 62.5 Å². The van der Waals surface area contributed by atoms with Crippen LogP contribution in [0.4, 0.5) is 11.6 Å². The maximum atomic E-state index is 12.6. The van der Waals surface area contributed by atoms with Crippen LogP contribution in [0.25, 0.3) is 0 Å². The van der Waals surface area contributed by atoms with Gasteiger partial charge in [0.2, 0.25) is 5.91 Å². The van der Waals surface area contributed by atoms with Gasteiger partial charge in [0, 0.05) is 30.6 Å². The molecule has 1 aromatic heterocycles. The summed E-state index contributed by atoms with van der Waals surface area (Å²) in [6.45, 7) is 5.93. The van der Waals surface area contributed by atoms with E-state index in [0.717, 1.165) is 56.7 Å². The smallest absolute Gasteiger partial charge is 0.225 e. The number of alkyl halides is 1. The molecular weight excluding hydrogens is 398 g/mol. The first kappa shape index (κ1) is 21.2. The van der Waals surface area contributed by atoms with Gasteiger partial charge in [0.05, 0.1) is 11.5 Å². The summed E-state index contributed by atoms with van der Waals surface area (Å²) in [6.07, 6.45) is 6.08. The molecule has 5 unspecified atom stereocenters. The van der Waals surface area contributed by atoms with Gasteiger partial charge in [-0.1, -0.05) is 13.8 Å². The first-order valence-electron chi connectivity index (χ1n) is 11.3. The van der Waals surface area contributed by atoms with Crippen LogP contribution in [0, 0.1) is 29.1 Å². The van der Waals surface area contributed by atoms with Crippen molar-refractivity contribution in [1.82, 2.24) is 10.3 Å². The number of fused-ring (bicyclic) bond motifs is 1. The number of hydrogen-bond donors (Lipinski definition) is 2. The molecule has 3 heterocycles. The van der Waals surface area contributed by atoms with Gasteiger partial charge >= 0.3 is 0 Å². The molecule has 7 heteroatoms. The average Bonchev–Trinajstić information content (AvgIpc) is 3.22. The molecule has 6 nitrogen and oxygen atoms in total. The lowest BCUT2D eigenvalue weighted by atomic mass is 9.75. The van der Waals surface area contributed by atoms with Crippen molar-refractivity contribution in [2.24, 2.45) is 17.8 Å². The van der Waals surface area contributed by atoms with Crippen LogP contribution < -0.4 is 15.5 Å². The maximum absolute atomic E-state index is 12.6. The van der Waals surface area contributed by atoms with Crippen LogP contribution >= 0.6 is 11.6 Å². The Balaban J connectivity index is 1.45. The van der Waals surface area contributed by atoms with Crippen LogP contribution in [-0.2, 0) is 4.79 Å². The molecule has 2 saturated heterocycles. The number of carbonyl (C=O) groups excluding carboxylic acids is 1. The van der Waals surface area contributed by atoms with Crippen LogP contribution in [0.15, 0.2) is 12.1 Å². The lowest BCUT2D eigenvalue weighted by Crippen LogP contribution is -2.53. The van der Waals surface area contributed by atoms with Crippen molar-refractivity contribution in [3.63, 3.8) is 0 Å². The fraction of sp³-hybridized carbons (Fsp3) is 0.696. The molecule has 2 N–H and O–H groups in total. The van der Waals surface area contributed by atoms with Crippen LogP contribution in [0.5, 0.6) is 0 Å². The predicted octanol–water partition coefficient (Wildman–Crippen LogP) is 3.90. The Labute approximate surface area is 184 Å². The molecule has 1 aromatic rings. The molecule has 0 radical (unpaired) electrons. The highest BCUT2D eigenvalue weighted by molar-refractivity contribution is 6.20. The molecule has 2 aliphatic heterocycles. The van der Waals surface area contributed by atoms with Gasteiger partial charge in [0.15, 0.2) is 0 Å². The Bertz CT molecular complexity index is 822. The van der Waals surface area contributed by atoms with Crippen molar-refractivity contribution in [2.75, 3.05) is 23.3 Å². The highest BCUT2D eigenvalue weighted by Gasteiger charge is 2.39. The van der Waals surface area contributed by atoms with E-state index in [1.54, 1.807) is 0 Å². The van der Waals surface area contributed by atoms with Crippen molar-refractivity contribution in [3.8, 4) is 6.07 Å². The zero-order valence-electron chi connectivity index (χ0n) is 17.9. The van der Waals surface area contributed by atoms with E-state index < -0.39 is 0 Å². The highest BCUT2D eigenvalue weighted by Crippen LogP contribution is 2.36. The number of piperidine rings is 1. The molecule has 0 bridgehead atoms. The molecular formula is C23H32ClN5O. The number of amides is 1.